The van der Waals surface area contributed by atoms with Gasteiger partial charge in [-0.25, -0.2) is 4.98 Å². The van der Waals surface area contributed by atoms with E-state index in [-0.39, 0.29) is 6.04 Å². The molecular formula is C32H31N5. The third-order valence-corrected chi connectivity index (χ3v) is 7.09. The van der Waals surface area contributed by atoms with Crippen LogP contribution in [0.2, 0.25) is 0 Å². The number of para-hydroxylation sites is 1. The van der Waals surface area contributed by atoms with Gasteiger partial charge in [-0.1, -0.05) is 103 Å². The van der Waals surface area contributed by atoms with Gasteiger partial charge in [0.25, 0.3) is 0 Å². The molecule has 4 aromatic carbocycles. The van der Waals surface area contributed by atoms with Crippen LogP contribution in [0, 0.1) is 0 Å². The van der Waals surface area contributed by atoms with Gasteiger partial charge in [0.1, 0.15) is 5.82 Å². The van der Waals surface area contributed by atoms with Gasteiger partial charge in [-0.3, -0.25) is 4.90 Å². The lowest BCUT2D eigenvalue weighted by molar-refractivity contribution is 0.211. The van der Waals surface area contributed by atoms with Crippen molar-refractivity contribution in [2.45, 2.75) is 12.6 Å². The number of fused-ring (bicyclic) bond motifs is 1. The van der Waals surface area contributed by atoms with Gasteiger partial charge in [-0.05, 0) is 28.8 Å². The maximum Gasteiger partial charge on any atom is 0.227 e. The second-order valence-electron chi connectivity index (χ2n) is 9.48. The third kappa shape index (κ3) is 5.18. The van der Waals surface area contributed by atoms with Crippen molar-refractivity contribution in [3.8, 4) is 0 Å². The van der Waals surface area contributed by atoms with Crippen LogP contribution in [0.25, 0.3) is 10.9 Å². The standard InChI is InChI=1S/C32H31N5/c1-4-12-25(13-5-1)24-33-31-28-18-10-11-19-29(28)34-32(35-31)37-22-20-36(21-23-37)30(26-14-6-2-7-15-26)27-16-8-3-9-17-27/h1-19,30H,20-24H2,(H,33,34,35). The second-order valence-corrected chi connectivity index (χ2v) is 9.48. The van der Waals surface area contributed by atoms with Gasteiger partial charge in [0.15, 0.2) is 0 Å². The Kier molecular flexibility index (Phi) is 6.78. The molecule has 1 fully saturated rings. The summed E-state index contributed by atoms with van der Waals surface area (Å²) >= 11 is 0. The van der Waals surface area contributed by atoms with E-state index < -0.39 is 0 Å². The maximum absolute atomic E-state index is 5.01. The second kappa shape index (κ2) is 10.8. The van der Waals surface area contributed by atoms with Crippen LogP contribution < -0.4 is 10.2 Å². The number of rotatable bonds is 7. The molecule has 0 unspecified atom stereocenters. The number of benzene rings is 4. The number of nitrogens with one attached hydrogen (secondary N) is 1. The fourth-order valence-electron chi connectivity index (χ4n) is 5.19. The highest BCUT2D eigenvalue weighted by Crippen LogP contribution is 2.31. The Morgan fingerprint density at radius 2 is 1.19 bits per heavy atom. The first-order chi connectivity index (χ1) is 18.3. The lowest BCUT2D eigenvalue weighted by Gasteiger charge is -2.40. The molecule has 0 aliphatic carbocycles. The van der Waals surface area contributed by atoms with Crippen molar-refractivity contribution < 1.29 is 0 Å². The summed E-state index contributed by atoms with van der Waals surface area (Å²) in [6.07, 6.45) is 0. The van der Waals surface area contributed by atoms with Crippen molar-refractivity contribution in [2.24, 2.45) is 0 Å². The summed E-state index contributed by atoms with van der Waals surface area (Å²) in [6, 6.07) is 40.6. The van der Waals surface area contributed by atoms with Crippen LogP contribution in [0.15, 0.2) is 115 Å². The van der Waals surface area contributed by atoms with Crippen molar-refractivity contribution in [3.63, 3.8) is 0 Å². The third-order valence-electron chi connectivity index (χ3n) is 7.09. The Labute approximate surface area is 218 Å². The van der Waals surface area contributed by atoms with Crippen LogP contribution in [-0.4, -0.2) is 41.0 Å². The summed E-state index contributed by atoms with van der Waals surface area (Å²) in [7, 11) is 0. The zero-order chi connectivity index (χ0) is 24.9. The molecule has 0 bridgehead atoms. The number of nitrogens with zero attached hydrogens (tertiary/aromatic N) is 4. The minimum atomic E-state index is 0.241. The molecule has 0 radical (unpaired) electrons. The van der Waals surface area contributed by atoms with Crippen molar-refractivity contribution in [1.82, 2.24) is 14.9 Å². The van der Waals surface area contributed by atoms with E-state index in [4.69, 9.17) is 9.97 Å². The van der Waals surface area contributed by atoms with Crippen LogP contribution in [0.4, 0.5) is 11.8 Å². The topological polar surface area (TPSA) is 44.3 Å². The molecule has 0 saturated carbocycles. The fourth-order valence-corrected chi connectivity index (χ4v) is 5.19. The van der Waals surface area contributed by atoms with E-state index in [1.165, 1.54) is 16.7 Å². The molecule has 0 atom stereocenters. The van der Waals surface area contributed by atoms with Crippen LogP contribution in [-0.2, 0) is 6.54 Å². The molecule has 0 spiro atoms. The van der Waals surface area contributed by atoms with E-state index in [1.54, 1.807) is 0 Å². The lowest BCUT2D eigenvalue weighted by Crippen LogP contribution is -2.48. The predicted octanol–water partition coefficient (Wildman–Crippen LogP) is 6.15. The summed E-state index contributed by atoms with van der Waals surface area (Å²) in [5, 5.41) is 4.62. The van der Waals surface area contributed by atoms with E-state index >= 15 is 0 Å². The van der Waals surface area contributed by atoms with Gasteiger partial charge in [-0.15, -0.1) is 0 Å². The molecule has 1 aliphatic rings. The molecule has 5 heteroatoms. The zero-order valence-corrected chi connectivity index (χ0v) is 20.9. The number of anilines is 2. The van der Waals surface area contributed by atoms with Gasteiger partial charge in [0.05, 0.1) is 11.6 Å². The van der Waals surface area contributed by atoms with Crippen molar-refractivity contribution in [3.05, 3.63) is 132 Å². The van der Waals surface area contributed by atoms with Crippen LogP contribution >= 0.6 is 0 Å². The van der Waals surface area contributed by atoms with Crippen molar-refractivity contribution in [1.29, 1.82) is 0 Å². The Balaban J connectivity index is 1.23. The minimum absolute atomic E-state index is 0.241. The predicted molar refractivity (Wildman–Crippen MR) is 152 cm³/mol. The summed E-state index contributed by atoms with van der Waals surface area (Å²) in [4.78, 5) is 14.9. The summed E-state index contributed by atoms with van der Waals surface area (Å²) < 4.78 is 0. The SMILES string of the molecule is c1ccc(CNc2nc(N3CCN(C(c4ccccc4)c4ccccc4)CC3)nc3ccccc23)cc1. The number of hydrogen-bond donors (Lipinski definition) is 1. The molecule has 1 aromatic heterocycles. The monoisotopic (exact) mass is 485 g/mol. The maximum atomic E-state index is 5.01. The van der Waals surface area contributed by atoms with E-state index in [9.17, 15) is 0 Å². The normalized spacial score (nSPS) is 14.2. The smallest absolute Gasteiger partial charge is 0.227 e. The lowest BCUT2D eigenvalue weighted by atomic mass is 9.96. The average Bonchev–Trinajstić information content (AvgIpc) is 2.98. The largest absolute Gasteiger partial charge is 0.365 e. The Bertz CT molecular complexity index is 1390. The van der Waals surface area contributed by atoms with Crippen LogP contribution in [0.5, 0.6) is 0 Å². The molecule has 1 N–H and O–H groups in total. The number of aromatic nitrogens is 2. The van der Waals surface area contributed by atoms with Crippen LogP contribution in [0.1, 0.15) is 22.7 Å². The minimum Gasteiger partial charge on any atom is -0.365 e. The summed E-state index contributed by atoms with van der Waals surface area (Å²) in [5.74, 6) is 1.68. The molecule has 1 saturated heterocycles. The van der Waals surface area contributed by atoms with E-state index in [0.29, 0.717) is 0 Å². The first-order valence-corrected chi connectivity index (χ1v) is 13.0. The molecule has 1 aliphatic heterocycles. The van der Waals surface area contributed by atoms with Gasteiger partial charge in [-0.2, -0.15) is 4.98 Å². The average molecular weight is 486 g/mol. The highest BCUT2D eigenvalue weighted by molar-refractivity contribution is 5.90. The Hall–Kier alpha value is -4.22. The molecule has 5 aromatic rings. The van der Waals surface area contributed by atoms with Crippen LogP contribution in [0.3, 0.4) is 0 Å². The first kappa shape index (κ1) is 23.2. The van der Waals surface area contributed by atoms with E-state index in [1.807, 2.05) is 18.2 Å². The Morgan fingerprint density at radius 3 is 1.84 bits per heavy atom. The van der Waals surface area contributed by atoms with Crippen molar-refractivity contribution in [2.75, 3.05) is 36.4 Å². The molecule has 0 amide bonds. The molecular weight excluding hydrogens is 454 g/mol. The van der Waals surface area contributed by atoms with Gasteiger partial charge in [0.2, 0.25) is 5.95 Å². The van der Waals surface area contributed by atoms with Gasteiger partial charge in [0, 0.05) is 38.1 Å². The first-order valence-electron chi connectivity index (χ1n) is 13.0. The molecule has 5 nitrogen and oxygen atoms in total. The highest BCUT2D eigenvalue weighted by atomic mass is 15.3. The number of hydrogen-bond acceptors (Lipinski definition) is 5. The summed E-state index contributed by atoms with van der Waals surface area (Å²) in [5.41, 5.74) is 4.86. The zero-order valence-electron chi connectivity index (χ0n) is 20.9. The molecule has 37 heavy (non-hydrogen) atoms. The Morgan fingerprint density at radius 1 is 0.622 bits per heavy atom. The van der Waals surface area contributed by atoms with E-state index in [2.05, 4.69) is 112 Å². The molecule has 6 rings (SSSR count). The quantitative estimate of drug-likeness (QED) is 0.299. The van der Waals surface area contributed by atoms with Crippen molar-refractivity contribution >= 4 is 22.7 Å². The highest BCUT2D eigenvalue weighted by Gasteiger charge is 2.27. The fraction of sp³-hybridized carbons (Fsp3) is 0.188. The van der Waals surface area contributed by atoms with Gasteiger partial charge < -0.3 is 10.2 Å². The summed E-state index contributed by atoms with van der Waals surface area (Å²) in [6.45, 7) is 4.37. The molecule has 2 heterocycles. The molecule has 184 valence electrons. The number of piperazine rings is 1. The van der Waals surface area contributed by atoms with Gasteiger partial charge >= 0.3 is 0 Å². The van der Waals surface area contributed by atoms with E-state index in [0.717, 1.165) is 55.4 Å².